The van der Waals surface area contributed by atoms with Crippen LogP contribution in [0.2, 0.25) is 0 Å². The van der Waals surface area contributed by atoms with Crippen LogP contribution in [0.15, 0.2) is 84.0 Å². The molecule has 8 heteroatoms. The Morgan fingerprint density at radius 2 is 1.73 bits per heavy atom. The van der Waals surface area contributed by atoms with Crippen molar-refractivity contribution in [2.75, 3.05) is 7.11 Å². The van der Waals surface area contributed by atoms with E-state index < -0.39 is 0 Å². The summed E-state index contributed by atoms with van der Waals surface area (Å²) in [5, 5.41) is 4.73. The number of nitrogens with two attached hydrogens (primary N) is 2. The van der Waals surface area contributed by atoms with E-state index in [4.69, 9.17) is 25.9 Å². The van der Waals surface area contributed by atoms with Gasteiger partial charge in [0.15, 0.2) is 17.3 Å². The highest BCUT2D eigenvalue weighted by Gasteiger charge is 2.10. The first-order valence-corrected chi connectivity index (χ1v) is 10.3. The summed E-state index contributed by atoms with van der Waals surface area (Å²) >= 11 is 0. The highest BCUT2D eigenvalue weighted by atomic mass is 16.5. The lowest BCUT2D eigenvalue weighted by molar-refractivity contribution is 0.283. The summed E-state index contributed by atoms with van der Waals surface area (Å²) in [6.45, 7) is 0.738. The van der Waals surface area contributed by atoms with E-state index in [0.717, 1.165) is 27.9 Å². The first-order valence-electron chi connectivity index (χ1n) is 10.3. The van der Waals surface area contributed by atoms with Crippen molar-refractivity contribution in [1.29, 1.82) is 0 Å². The number of para-hydroxylation sites is 1. The van der Waals surface area contributed by atoms with Gasteiger partial charge in [0, 0.05) is 10.9 Å². The molecule has 0 atom stereocenters. The van der Waals surface area contributed by atoms with E-state index in [-0.39, 0.29) is 0 Å². The van der Waals surface area contributed by atoms with Gasteiger partial charge in [-0.1, -0.05) is 36.4 Å². The van der Waals surface area contributed by atoms with E-state index in [2.05, 4.69) is 21.6 Å². The van der Waals surface area contributed by atoms with Crippen LogP contribution in [0.3, 0.4) is 0 Å². The molecule has 168 valence electrons. The molecule has 0 bridgehead atoms. The Morgan fingerprint density at radius 3 is 2.48 bits per heavy atom. The molecule has 5 N–H and O–H groups in total. The van der Waals surface area contributed by atoms with Gasteiger partial charge in [-0.2, -0.15) is 5.10 Å². The number of amidine groups is 1. The van der Waals surface area contributed by atoms with Crippen LogP contribution in [0, 0.1) is 0 Å². The zero-order chi connectivity index (χ0) is 23.0. The van der Waals surface area contributed by atoms with Crippen LogP contribution in [0.4, 0.5) is 0 Å². The zero-order valence-electron chi connectivity index (χ0n) is 18.2. The number of hydrogen-bond acceptors (Lipinski definition) is 7. The number of nitrogens with one attached hydrogen (secondary N) is 1. The van der Waals surface area contributed by atoms with Gasteiger partial charge in [0.1, 0.15) is 19.0 Å². The topological polar surface area (TPSA) is 117 Å². The monoisotopic (exact) mass is 443 g/mol. The van der Waals surface area contributed by atoms with Crippen molar-refractivity contribution in [2.24, 2.45) is 16.8 Å². The van der Waals surface area contributed by atoms with Crippen molar-refractivity contribution < 1.29 is 14.2 Å². The third kappa shape index (κ3) is 5.31. The van der Waals surface area contributed by atoms with Gasteiger partial charge in [-0.05, 0) is 48.0 Å². The van der Waals surface area contributed by atoms with E-state index in [1.807, 2.05) is 54.6 Å². The molecule has 1 heterocycles. The lowest BCUT2D eigenvalue weighted by Gasteiger charge is -2.13. The molecule has 0 saturated heterocycles. The number of aromatic nitrogens is 1. The first kappa shape index (κ1) is 21.9. The molecule has 0 aliphatic rings. The molecule has 0 spiro atoms. The van der Waals surface area contributed by atoms with Gasteiger partial charge in [-0.15, -0.1) is 0 Å². The average Bonchev–Trinajstić information content (AvgIpc) is 2.87. The second kappa shape index (κ2) is 10.3. The van der Waals surface area contributed by atoms with Gasteiger partial charge in [0.25, 0.3) is 0 Å². The largest absolute Gasteiger partial charge is 0.493 e. The molecule has 4 rings (SSSR count). The number of hydrogen-bond donors (Lipinski definition) is 3. The number of nitrogens with zero attached hydrogens (tertiary/aromatic N) is 2. The molecule has 0 aliphatic heterocycles. The number of hydrazone groups is 1. The lowest BCUT2D eigenvalue weighted by atomic mass is 10.2. The third-order valence-corrected chi connectivity index (χ3v) is 5.06. The van der Waals surface area contributed by atoms with E-state index in [1.165, 1.54) is 0 Å². The molecular formula is C25H25N5O3. The van der Waals surface area contributed by atoms with Gasteiger partial charge in [0.05, 0.1) is 18.3 Å². The van der Waals surface area contributed by atoms with E-state index in [0.29, 0.717) is 36.1 Å². The molecule has 0 saturated carbocycles. The van der Waals surface area contributed by atoms with E-state index in [1.54, 1.807) is 25.3 Å². The van der Waals surface area contributed by atoms with Crippen LogP contribution in [0.1, 0.15) is 16.8 Å². The summed E-state index contributed by atoms with van der Waals surface area (Å²) in [5.74, 6) is 13.0. The van der Waals surface area contributed by atoms with Crippen molar-refractivity contribution in [1.82, 2.24) is 10.4 Å². The summed E-state index contributed by atoms with van der Waals surface area (Å²) in [6, 6.07) is 25.1. The number of benzene rings is 3. The summed E-state index contributed by atoms with van der Waals surface area (Å²) in [7, 11) is 1.58. The van der Waals surface area contributed by atoms with Crippen molar-refractivity contribution in [3.63, 3.8) is 0 Å². The normalized spacial score (nSPS) is 11.3. The molecule has 0 aliphatic carbocycles. The van der Waals surface area contributed by atoms with Crippen molar-refractivity contribution in [2.45, 2.75) is 13.2 Å². The van der Waals surface area contributed by atoms with E-state index in [9.17, 15) is 0 Å². The van der Waals surface area contributed by atoms with Gasteiger partial charge in [-0.25, -0.2) is 10.8 Å². The Kier molecular flexibility index (Phi) is 6.87. The standard InChI is InChI=1S/C25H25N5O3/c1-31-23-13-9-19(25(29-26)30-27)14-24(23)33-15-17-6-11-21(12-7-17)32-16-20-10-8-18-4-2-3-5-22(18)28-20/h2-14H,15-16,26-27H2,1H3,(H,29,30). The zero-order valence-corrected chi connectivity index (χ0v) is 18.2. The van der Waals surface area contributed by atoms with Gasteiger partial charge >= 0.3 is 0 Å². The highest BCUT2D eigenvalue weighted by molar-refractivity contribution is 5.98. The number of methoxy groups -OCH3 is 1. The SMILES string of the molecule is COc1ccc(/C(=N/N)NN)cc1OCc1ccc(OCc2ccc3ccccc3n2)cc1. The predicted octanol–water partition coefficient (Wildman–Crippen LogP) is 3.49. The predicted molar refractivity (Wildman–Crippen MR) is 128 cm³/mol. The summed E-state index contributed by atoms with van der Waals surface area (Å²) in [4.78, 5) is 4.63. The Balaban J connectivity index is 1.38. The Morgan fingerprint density at radius 1 is 0.909 bits per heavy atom. The first-order chi connectivity index (χ1) is 16.2. The summed E-state index contributed by atoms with van der Waals surface area (Å²) in [6.07, 6.45) is 0. The maximum absolute atomic E-state index is 5.96. The number of pyridine rings is 1. The number of hydrazine groups is 1. The fourth-order valence-electron chi connectivity index (χ4n) is 3.32. The van der Waals surface area contributed by atoms with Gasteiger partial charge in [-0.3, -0.25) is 0 Å². The molecule has 1 aromatic heterocycles. The highest BCUT2D eigenvalue weighted by Crippen LogP contribution is 2.29. The second-order valence-electron chi connectivity index (χ2n) is 7.20. The number of ether oxygens (including phenoxy) is 3. The molecule has 0 radical (unpaired) electrons. The minimum Gasteiger partial charge on any atom is -0.493 e. The van der Waals surface area contributed by atoms with Crippen molar-refractivity contribution >= 4 is 16.7 Å². The maximum atomic E-state index is 5.96. The van der Waals surface area contributed by atoms with Crippen LogP contribution in [-0.4, -0.2) is 17.9 Å². The fourth-order valence-corrected chi connectivity index (χ4v) is 3.32. The molecule has 33 heavy (non-hydrogen) atoms. The molecule has 0 unspecified atom stereocenters. The van der Waals surface area contributed by atoms with Crippen LogP contribution < -0.4 is 31.3 Å². The minimum atomic E-state index is 0.338. The van der Waals surface area contributed by atoms with Gasteiger partial charge in [0.2, 0.25) is 0 Å². The Bertz CT molecular complexity index is 1260. The van der Waals surface area contributed by atoms with Crippen LogP contribution in [-0.2, 0) is 13.2 Å². The quantitative estimate of drug-likeness (QED) is 0.165. The second-order valence-corrected chi connectivity index (χ2v) is 7.20. The van der Waals surface area contributed by atoms with Crippen LogP contribution in [0.5, 0.6) is 17.2 Å². The number of fused-ring (bicyclic) bond motifs is 1. The third-order valence-electron chi connectivity index (χ3n) is 5.06. The van der Waals surface area contributed by atoms with Gasteiger partial charge < -0.3 is 25.5 Å². The van der Waals surface area contributed by atoms with Crippen LogP contribution >= 0.6 is 0 Å². The molecular weight excluding hydrogens is 418 g/mol. The fraction of sp³-hybridized carbons (Fsp3) is 0.120. The summed E-state index contributed by atoms with van der Waals surface area (Å²) in [5.41, 5.74) is 5.94. The van der Waals surface area contributed by atoms with Crippen LogP contribution in [0.25, 0.3) is 10.9 Å². The Labute approximate surface area is 191 Å². The lowest BCUT2D eigenvalue weighted by Crippen LogP contribution is -2.32. The van der Waals surface area contributed by atoms with E-state index >= 15 is 0 Å². The van der Waals surface area contributed by atoms with Crippen molar-refractivity contribution in [3.8, 4) is 17.2 Å². The molecule has 4 aromatic rings. The van der Waals surface area contributed by atoms with Crippen molar-refractivity contribution in [3.05, 3.63) is 95.7 Å². The molecule has 3 aromatic carbocycles. The number of rotatable bonds is 8. The molecule has 0 amide bonds. The molecule has 8 nitrogen and oxygen atoms in total. The molecule has 0 fully saturated rings. The maximum Gasteiger partial charge on any atom is 0.166 e. The average molecular weight is 444 g/mol. The smallest absolute Gasteiger partial charge is 0.166 e. The minimum absolute atomic E-state index is 0.338. The Hall–Kier alpha value is -4.30. The summed E-state index contributed by atoms with van der Waals surface area (Å²) < 4.78 is 17.2.